The van der Waals surface area contributed by atoms with Crippen molar-refractivity contribution < 1.29 is 18.0 Å². The van der Waals surface area contributed by atoms with Crippen molar-refractivity contribution in [1.82, 2.24) is 15.5 Å². The van der Waals surface area contributed by atoms with Crippen molar-refractivity contribution in [2.45, 2.75) is 25.6 Å². The molecule has 0 aliphatic carbocycles. The quantitative estimate of drug-likeness (QED) is 0.730. The highest BCUT2D eigenvalue weighted by Gasteiger charge is 2.26. The summed E-state index contributed by atoms with van der Waals surface area (Å²) in [6.07, 6.45) is -4.29. The summed E-state index contributed by atoms with van der Waals surface area (Å²) in [7, 11) is 3.74. The van der Waals surface area contributed by atoms with Gasteiger partial charge < -0.3 is 15.5 Å². The lowest BCUT2D eigenvalue weighted by Gasteiger charge is -2.32. The number of amides is 1. The minimum Gasteiger partial charge on any atom is -0.353 e. The number of hydrogen-bond donors (Lipinski definition) is 2. The van der Waals surface area contributed by atoms with Crippen LogP contribution in [0.3, 0.4) is 0 Å². The van der Waals surface area contributed by atoms with E-state index in [1.807, 2.05) is 38.2 Å². The van der Waals surface area contributed by atoms with Crippen molar-refractivity contribution in [3.63, 3.8) is 0 Å². The number of nitrogens with one attached hydrogen (secondary N) is 2. The summed E-state index contributed by atoms with van der Waals surface area (Å²) in [6.45, 7) is 2.75. The first kappa shape index (κ1) is 16.2. The van der Waals surface area contributed by atoms with Gasteiger partial charge in [0.1, 0.15) is 0 Å². The van der Waals surface area contributed by atoms with E-state index in [9.17, 15) is 18.0 Å². The maximum absolute atomic E-state index is 11.8. The minimum atomic E-state index is -4.29. The molecule has 2 N–H and O–H groups in total. The Bertz CT molecular complexity index is 252. The average Bonchev–Trinajstić information content (AvgIpc) is 2.12. The molecule has 17 heavy (non-hydrogen) atoms. The van der Waals surface area contributed by atoms with Crippen LogP contribution in [0.1, 0.15) is 13.8 Å². The van der Waals surface area contributed by atoms with Crippen molar-refractivity contribution in [1.29, 1.82) is 0 Å². The maximum atomic E-state index is 11.8. The summed E-state index contributed by atoms with van der Waals surface area (Å²) in [5.74, 6) is -0.441. The number of carbonyl (C=O) groups is 1. The number of nitrogens with zero attached hydrogens (tertiary/aromatic N) is 1. The molecule has 0 unspecified atom stereocenters. The lowest BCUT2D eigenvalue weighted by Crippen LogP contribution is -2.49. The van der Waals surface area contributed by atoms with Gasteiger partial charge >= 0.3 is 6.18 Å². The van der Waals surface area contributed by atoms with Gasteiger partial charge in [0.2, 0.25) is 5.91 Å². The summed E-state index contributed by atoms with van der Waals surface area (Å²) in [5.41, 5.74) is -0.236. The highest BCUT2D eigenvalue weighted by molar-refractivity contribution is 5.78. The van der Waals surface area contributed by atoms with Gasteiger partial charge in [-0.2, -0.15) is 13.2 Å². The summed E-state index contributed by atoms with van der Waals surface area (Å²) in [6, 6.07) is 0. The van der Waals surface area contributed by atoms with Crippen molar-refractivity contribution in [3.8, 4) is 0 Å². The van der Waals surface area contributed by atoms with Crippen LogP contribution in [0.15, 0.2) is 0 Å². The number of likely N-dealkylation sites (N-methyl/N-ethyl adjacent to an activating group) is 1. The molecule has 0 bridgehead atoms. The molecule has 0 heterocycles. The van der Waals surface area contributed by atoms with E-state index in [4.69, 9.17) is 0 Å². The Labute approximate surface area is 99.5 Å². The van der Waals surface area contributed by atoms with Crippen molar-refractivity contribution >= 4 is 5.91 Å². The normalized spacial score (nSPS) is 12.9. The number of carbonyl (C=O) groups excluding carboxylic acids is 1. The average molecular weight is 255 g/mol. The fourth-order valence-corrected chi connectivity index (χ4v) is 0.853. The number of rotatable bonds is 6. The van der Waals surface area contributed by atoms with Gasteiger partial charge in [0, 0.05) is 12.1 Å². The van der Waals surface area contributed by atoms with E-state index >= 15 is 0 Å². The zero-order valence-corrected chi connectivity index (χ0v) is 10.6. The van der Waals surface area contributed by atoms with Crippen LogP contribution in [0.5, 0.6) is 0 Å². The van der Waals surface area contributed by atoms with E-state index in [-0.39, 0.29) is 12.1 Å². The van der Waals surface area contributed by atoms with E-state index in [2.05, 4.69) is 5.32 Å². The van der Waals surface area contributed by atoms with Gasteiger partial charge in [0.15, 0.2) is 0 Å². The highest BCUT2D eigenvalue weighted by atomic mass is 19.4. The second-order valence-electron chi connectivity index (χ2n) is 4.70. The lowest BCUT2D eigenvalue weighted by atomic mass is 10.0. The van der Waals surface area contributed by atoms with Gasteiger partial charge in [0.05, 0.1) is 13.1 Å². The largest absolute Gasteiger partial charge is 0.401 e. The first-order valence-electron chi connectivity index (χ1n) is 5.26. The molecular formula is C10H20F3N3O. The monoisotopic (exact) mass is 255 g/mol. The van der Waals surface area contributed by atoms with Gasteiger partial charge in [-0.3, -0.25) is 4.79 Å². The molecule has 1 amide bonds. The van der Waals surface area contributed by atoms with E-state index in [0.717, 1.165) is 0 Å². The Kier molecular flexibility index (Phi) is 5.91. The molecule has 7 heteroatoms. The van der Waals surface area contributed by atoms with Crippen molar-refractivity contribution in [3.05, 3.63) is 0 Å². The third kappa shape index (κ3) is 7.98. The Morgan fingerprint density at radius 3 is 2.12 bits per heavy atom. The van der Waals surface area contributed by atoms with Crippen LogP contribution < -0.4 is 10.6 Å². The van der Waals surface area contributed by atoms with Crippen LogP contribution in [-0.2, 0) is 4.79 Å². The standard InChI is InChI=1S/C10H20F3N3O/c1-9(2,16(3)4)6-15-8(17)5-14-7-10(11,12)13/h14H,5-7H2,1-4H3,(H,15,17). The molecule has 0 saturated heterocycles. The van der Waals surface area contributed by atoms with Crippen LogP contribution in [-0.4, -0.2) is 56.3 Å². The summed E-state index contributed by atoms with van der Waals surface area (Å²) in [5, 5.41) is 4.62. The Balaban J connectivity index is 3.82. The Hall–Kier alpha value is -0.820. The molecule has 0 atom stereocenters. The summed E-state index contributed by atoms with van der Waals surface area (Å²) in [4.78, 5) is 13.2. The molecule has 4 nitrogen and oxygen atoms in total. The molecule has 0 aromatic heterocycles. The number of halogens is 3. The molecule has 0 aliphatic heterocycles. The van der Waals surface area contributed by atoms with Crippen molar-refractivity contribution in [2.75, 3.05) is 33.7 Å². The van der Waals surface area contributed by atoms with Crippen LogP contribution in [0.4, 0.5) is 13.2 Å². The summed E-state index contributed by atoms with van der Waals surface area (Å²) >= 11 is 0. The van der Waals surface area contributed by atoms with E-state index in [1.54, 1.807) is 0 Å². The topological polar surface area (TPSA) is 44.4 Å². The smallest absolute Gasteiger partial charge is 0.353 e. The van der Waals surface area contributed by atoms with Crippen LogP contribution in [0.25, 0.3) is 0 Å². The maximum Gasteiger partial charge on any atom is 0.401 e. The van der Waals surface area contributed by atoms with Crippen LogP contribution >= 0.6 is 0 Å². The predicted octanol–water partition coefficient (Wildman–Crippen LogP) is 0.595. The molecule has 0 aliphatic rings. The fraction of sp³-hybridized carbons (Fsp3) is 0.900. The fourth-order valence-electron chi connectivity index (χ4n) is 0.853. The van der Waals surface area contributed by atoms with Gasteiger partial charge in [-0.05, 0) is 27.9 Å². The van der Waals surface area contributed by atoms with Crippen LogP contribution in [0, 0.1) is 0 Å². The molecule has 0 saturated carbocycles. The first-order chi connectivity index (χ1) is 7.54. The molecule has 0 rings (SSSR count). The second kappa shape index (κ2) is 6.20. The van der Waals surface area contributed by atoms with Gasteiger partial charge in [-0.1, -0.05) is 0 Å². The molecular weight excluding hydrogens is 235 g/mol. The predicted molar refractivity (Wildman–Crippen MR) is 59.7 cm³/mol. The van der Waals surface area contributed by atoms with Gasteiger partial charge in [-0.15, -0.1) is 0 Å². The SMILES string of the molecule is CN(C)C(C)(C)CNC(=O)CNCC(F)(F)F. The van der Waals surface area contributed by atoms with Gasteiger partial charge in [0.25, 0.3) is 0 Å². The second-order valence-corrected chi connectivity index (χ2v) is 4.70. The zero-order valence-electron chi connectivity index (χ0n) is 10.6. The molecule has 0 spiro atoms. The third-order valence-corrected chi connectivity index (χ3v) is 2.54. The lowest BCUT2D eigenvalue weighted by molar-refractivity contribution is -0.128. The number of hydrogen-bond acceptors (Lipinski definition) is 3. The van der Waals surface area contributed by atoms with Crippen LogP contribution in [0.2, 0.25) is 0 Å². The molecule has 0 aromatic rings. The molecule has 0 fully saturated rings. The van der Waals surface area contributed by atoms with E-state index in [0.29, 0.717) is 6.54 Å². The molecule has 102 valence electrons. The van der Waals surface area contributed by atoms with E-state index < -0.39 is 18.6 Å². The summed E-state index contributed by atoms with van der Waals surface area (Å²) < 4.78 is 35.4. The van der Waals surface area contributed by atoms with Gasteiger partial charge in [-0.25, -0.2) is 0 Å². The van der Waals surface area contributed by atoms with E-state index in [1.165, 1.54) is 0 Å². The van der Waals surface area contributed by atoms with Crippen molar-refractivity contribution in [2.24, 2.45) is 0 Å². The molecule has 0 aromatic carbocycles. The first-order valence-corrected chi connectivity index (χ1v) is 5.26. The highest BCUT2D eigenvalue weighted by Crippen LogP contribution is 2.11. The third-order valence-electron chi connectivity index (χ3n) is 2.54. The Morgan fingerprint density at radius 2 is 1.71 bits per heavy atom. The Morgan fingerprint density at radius 1 is 1.18 bits per heavy atom. The number of alkyl halides is 3. The molecule has 0 radical (unpaired) electrons. The zero-order chi connectivity index (χ0) is 13.7. The minimum absolute atomic E-state index is 0.236.